The van der Waals surface area contributed by atoms with Crippen LogP contribution < -0.4 is 9.64 Å². The molecule has 4 rings (SSSR count). The number of aromatic nitrogens is 2. The van der Waals surface area contributed by atoms with Gasteiger partial charge in [0.25, 0.3) is 5.88 Å². The topological polar surface area (TPSA) is 84.8 Å². The molecule has 208 valence electrons. The summed E-state index contributed by atoms with van der Waals surface area (Å²) in [6, 6.07) is 11.2. The van der Waals surface area contributed by atoms with Gasteiger partial charge in [0.05, 0.1) is 24.8 Å². The van der Waals surface area contributed by atoms with E-state index in [2.05, 4.69) is 28.7 Å². The van der Waals surface area contributed by atoms with Crippen LogP contribution in [0.2, 0.25) is 0 Å². The van der Waals surface area contributed by atoms with Gasteiger partial charge >= 0.3 is 5.97 Å². The van der Waals surface area contributed by atoms with E-state index in [-0.39, 0.29) is 23.8 Å². The molecule has 39 heavy (non-hydrogen) atoms. The van der Waals surface area contributed by atoms with Gasteiger partial charge in [-0.05, 0) is 50.7 Å². The Balaban J connectivity index is 1.57. The molecule has 3 aromatic rings. The monoisotopic (exact) mass is 535 g/mol. The molecule has 1 saturated heterocycles. The molecule has 2 unspecified atom stereocenters. The summed E-state index contributed by atoms with van der Waals surface area (Å²) in [5, 5.41) is 9.63. The van der Waals surface area contributed by atoms with Gasteiger partial charge in [-0.25, -0.2) is 9.37 Å². The second-order valence-corrected chi connectivity index (χ2v) is 11.1. The van der Waals surface area contributed by atoms with Gasteiger partial charge in [-0.2, -0.15) is 0 Å². The minimum Gasteiger partial charge on any atom is -0.481 e. The fourth-order valence-corrected chi connectivity index (χ4v) is 4.77. The molecule has 1 aromatic carbocycles. The quantitative estimate of drug-likeness (QED) is 0.330. The maximum absolute atomic E-state index is 15.3. The highest BCUT2D eigenvalue weighted by Crippen LogP contribution is 2.40. The lowest BCUT2D eigenvalue weighted by atomic mass is 9.82. The van der Waals surface area contributed by atoms with Crippen molar-refractivity contribution < 1.29 is 23.8 Å². The number of aliphatic carboxylic acids is 1. The normalized spacial score (nSPS) is 16.5. The Morgan fingerprint density at radius 2 is 1.79 bits per heavy atom. The molecule has 8 heteroatoms. The van der Waals surface area contributed by atoms with Crippen LogP contribution in [0.1, 0.15) is 57.4 Å². The third-order valence-electron chi connectivity index (χ3n) is 7.56. The summed E-state index contributed by atoms with van der Waals surface area (Å²) in [7, 11) is 0. The van der Waals surface area contributed by atoms with Crippen LogP contribution in [0.4, 0.5) is 10.1 Å². The van der Waals surface area contributed by atoms with Crippen molar-refractivity contribution in [1.29, 1.82) is 0 Å². The molecule has 0 saturated carbocycles. The number of ether oxygens (including phenoxy) is 2. The fourth-order valence-electron chi connectivity index (χ4n) is 4.77. The van der Waals surface area contributed by atoms with E-state index in [1.165, 1.54) is 6.07 Å². The molecule has 0 bridgehead atoms. The Hall–Kier alpha value is -3.52. The third-order valence-corrected chi connectivity index (χ3v) is 7.56. The lowest BCUT2D eigenvalue weighted by Gasteiger charge is -2.40. The number of carboxylic acids is 1. The number of benzene rings is 1. The first-order chi connectivity index (χ1) is 18.5. The van der Waals surface area contributed by atoms with Gasteiger partial charge in [0.15, 0.2) is 5.82 Å². The highest BCUT2D eigenvalue weighted by molar-refractivity contribution is 5.84. The summed E-state index contributed by atoms with van der Waals surface area (Å²) < 4.78 is 27.1. The smallest absolute Gasteiger partial charge is 0.307 e. The van der Waals surface area contributed by atoms with Crippen LogP contribution >= 0.6 is 0 Å². The summed E-state index contributed by atoms with van der Waals surface area (Å²) in [5.41, 5.74) is 4.57. The van der Waals surface area contributed by atoms with E-state index in [1.54, 1.807) is 12.4 Å². The predicted octanol–water partition coefficient (Wildman–Crippen LogP) is 6.22. The minimum atomic E-state index is -0.929. The molecule has 7 nitrogen and oxygen atoms in total. The maximum Gasteiger partial charge on any atom is 0.307 e. The molecule has 0 spiro atoms. The Morgan fingerprint density at radius 1 is 1.10 bits per heavy atom. The SMILES string of the molecule is Cc1ncc(-c2cnc(OC(C)C(C)OCc3ccccc3)c(F)c2)c(N2CCC(C)(C)CC2)c1CC(=O)O. The minimum absolute atomic E-state index is 0.103. The van der Waals surface area contributed by atoms with Crippen LogP contribution in [0.25, 0.3) is 11.1 Å². The van der Waals surface area contributed by atoms with Crippen LogP contribution in [-0.2, 0) is 22.6 Å². The average molecular weight is 536 g/mol. The van der Waals surface area contributed by atoms with Crippen molar-refractivity contribution in [3.05, 3.63) is 71.4 Å². The number of rotatable bonds is 10. The number of pyridine rings is 2. The second-order valence-electron chi connectivity index (χ2n) is 11.1. The zero-order chi connectivity index (χ0) is 28.2. The van der Waals surface area contributed by atoms with Crippen molar-refractivity contribution >= 4 is 11.7 Å². The number of carboxylic acid groups (broad SMARTS) is 1. The Morgan fingerprint density at radius 3 is 2.44 bits per heavy atom. The molecule has 0 aliphatic carbocycles. The van der Waals surface area contributed by atoms with Crippen molar-refractivity contribution in [2.45, 2.75) is 72.7 Å². The standard InChI is InChI=1S/C31H38FN3O4/c1-20-25(16-28(36)37)29(35-13-11-31(4,5)12-14-35)26(18-33-20)24-15-27(32)30(34-17-24)39-22(3)21(2)38-19-23-9-7-6-8-10-23/h6-10,15,17-18,21-22H,11-14,16,19H2,1-5H3,(H,36,37). The van der Waals surface area contributed by atoms with Gasteiger partial charge in [-0.15, -0.1) is 0 Å². The summed E-state index contributed by atoms with van der Waals surface area (Å²) in [4.78, 5) is 22.7. The number of nitrogens with zero attached hydrogens (tertiary/aromatic N) is 3. The summed E-state index contributed by atoms with van der Waals surface area (Å²) in [5.74, 6) is -1.63. The summed E-state index contributed by atoms with van der Waals surface area (Å²) >= 11 is 0. The summed E-state index contributed by atoms with van der Waals surface area (Å²) in [6.45, 7) is 12.0. The molecule has 1 fully saturated rings. The van der Waals surface area contributed by atoms with Gasteiger partial charge in [0, 0.05) is 47.9 Å². The Kier molecular flexibility index (Phi) is 8.85. The molecule has 1 N–H and O–H groups in total. The van der Waals surface area contributed by atoms with Gasteiger partial charge < -0.3 is 19.5 Å². The van der Waals surface area contributed by atoms with E-state index in [0.29, 0.717) is 29.0 Å². The Labute approximate surface area is 230 Å². The van der Waals surface area contributed by atoms with Crippen molar-refractivity contribution in [2.75, 3.05) is 18.0 Å². The number of hydrogen-bond acceptors (Lipinski definition) is 6. The lowest BCUT2D eigenvalue weighted by molar-refractivity contribution is -0.136. The molecule has 1 aliphatic heterocycles. The fraction of sp³-hybridized carbons (Fsp3) is 0.452. The highest BCUT2D eigenvalue weighted by Gasteiger charge is 2.30. The van der Waals surface area contributed by atoms with Crippen LogP contribution in [-0.4, -0.2) is 46.3 Å². The van der Waals surface area contributed by atoms with Crippen molar-refractivity contribution in [3.63, 3.8) is 0 Å². The van der Waals surface area contributed by atoms with E-state index in [1.807, 2.05) is 51.1 Å². The first-order valence-corrected chi connectivity index (χ1v) is 13.5. The van der Waals surface area contributed by atoms with Crippen molar-refractivity contribution in [2.24, 2.45) is 5.41 Å². The number of anilines is 1. The molecule has 0 amide bonds. The van der Waals surface area contributed by atoms with Gasteiger partial charge in [0.1, 0.15) is 6.10 Å². The van der Waals surface area contributed by atoms with Crippen LogP contribution in [0.15, 0.2) is 48.8 Å². The van der Waals surface area contributed by atoms with E-state index in [9.17, 15) is 9.90 Å². The summed E-state index contributed by atoms with van der Waals surface area (Å²) in [6.07, 6.45) is 4.32. The zero-order valence-corrected chi connectivity index (χ0v) is 23.4. The van der Waals surface area contributed by atoms with E-state index in [4.69, 9.17) is 9.47 Å². The molecular weight excluding hydrogens is 497 g/mol. The lowest BCUT2D eigenvalue weighted by Crippen LogP contribution is -2.38. The zero-order valence-electron chi connectivity index (χ0n) is 23.4. The van der Waals surface area contributed by atoms with Crippen LogP contribution in [0, 0.1) is 18.2 Å². The van der Waals surface area contributed by atoms with E-state index >= 15 is 4.39 Å². The van der Waals surface area contributed by atoms with E-state index in [0.717, 1.165) is 37.2 Å². The van der Waals surface area contributed by atoms with Crippen LogP contribution in [0.3, 0.4) is 0 Å². The first kappa shape index (κ1) is 28.5. The number of piperidine rings is 1. The predicted molar refractivity (Wildman–Crippen MR) is 150 cm³/mol. The number of halogens is 1. The average Bonchev–Trinajstić information content (AvgIpc) is 2.90. The first-order valence-electron chi connectivity index (χ1n) is 13.5. The molecule has 1 aliphatic rings. The molecule has 2 aromatic heterocycles. The molecule has 2 atom stereocenters. The second kappa shape index (κ2) is 12.1. The van der Waals surface area contributed by atoms with Gasteiger partial charge in [0.2, 0.25) is 0 Å². The third kappa shape index (κ3) is 7.12. The van der Waals surface area contributed by atoms with Gasteiger partial charge in [-0.3, -0.25) is 9.78 Å². The number of carbonyl (C=O) groups is 1. The number of aryl methyl sites for hydroxylation is 1. The number of hydrogen-bond donors (Lipinski definition) is 1. The molecule has 0 radical (unpaired) electrons. The Bertz CT molecular complexity index is 1290. The largest absolute Gasteiger partial charge is 0.481 e. The highest BCUT2D eigenvalue weighted by atomic mass is 19.1. The van der Waals surface area contributed by atoms with Crippen LogP contribution in [0.5, 0.6) is 5.88 Å². The molecular formula is C31H38FN3O4. The van der Waals surface area contributed by atoms with E-state index < -0.39 is 17.9 Å². The molecule has 3 heterocycles. The van der Waals surface area contributed by atoms with Crippen molar-refractivity contribution in [1.82, 2.24) is 9.97 Å². The van der Waals surface area contributed by atoms with Gasteiger partial charge in [-0.1, -0.05) is 44.2 Å². The maximum atomic E-state index is 15.3. The van der Waals surface area contributed by atoms with Crippen molar-refractivity contribution in [3.8, 4) is 17.0 Å².